The number of methoxy groups -OCH3 is 1. The molecule has 0 bridgehead atoms. The maximum atomic E-state index is 11.3. The predicted molar refractivity (Wildman–Crippen MR) is 69.9 cm³/mol. The first-order valence-corrected chi connectivity index (χ1v) is 5.58. The number of esters is 1. The molecule has 1 atom stereocenters. The van der Waals surface area contributed by atoms with E-state index in [0.29, 0.717) is 12.2 Å². The Hall–Kier alpha value is -2.14. The third-order valence-corrected chi connectivity index (χ3v) is 2.82. The molecule has 5 nitrogen and oxygen atoms in total. The number of aromatic nitrogens is 1. The van der Waals surface area contributed by atoms with Gasteiger partial charge in [-0.25, -0.2) is 4.98 Å². The molecule has 18 heavy (non-hydrogen) atoms. The summed E-state index contributed by atoms with van der Waals surface area (Å²) in [6.07, 6.45) is 2.08. The van der Waals surface area contributed by atoms with Gasteiger partial charge in [0.2, 0.25) is 0 Å². The largest absolute Gasteiger partial charge is 0.468 e. The van der Waals surface area contributed by atoms with Gasteiger partial charge in [0.05, 0.1) is 7.11 Å². The SMILES string of the molecule is COC(=O)C(N)Cc1ccc2ccnc(N)c2c1. The molecule has 4 N–H and O–H groups in total. The van der Waals surface area contributed by atoms with Gasteiger partial charge in [-0.1, -0.05) is 12.1 Å². The minimum atomic E-state index is -0.662. The molecule has 2 aromatic rings. The van der Waals surface area contributed by atoms with Crippen LogP contribution in [0, 0.1) is 0 Å². The first-order valence-electron chi connectivity index (χ1n) is 5.58. The average Bonchev–Trinajstić information content (AvgIpc) is 2.38. The van der Waals surface area contributed by atoms with Crippen LogP contribution in [0.1, 0.15) is 5.56 Å². The standard InChI is InChI=1S/C13H15N3O2/c1-18-13(17)11(14)7-8-2-3-9-4-5-16-12(15)10(9)6-8/h2-6,11H,7,14H2,1H3,(H2,15,16). The summed E-state index contributed by atoms with van der Waals surface area (Å²) in [5.41, 5.74) is 12.5. The number of anilines is 1. The molecule has 1 unspecified atom stereocenters. The van der Waals surface area contributed by atoms with Crippen LogP contribution in [0.3, 0.4) is 0 Å². The molecule has 5 heteroatoms. The fourth-order valence-corrected chi connectivity index (χ4v) is 1.85. The summed E-state index contributed by atoms with van der Waals surface area (Å²) in [4.78, 5) is 15.3. The number of hydrogen-bond acceptors (Lipinski definition) is 5. The lowest BCUT2D eigenvalue weighted by Crippen LogP contribution is -2.33. The van der Waals surface area contributed by atoms with Crippen LogP contribution in [0.25, 0.3) is 10.8 Å². The van der Waals surface area contributed by atoms with Crippen molar-refractivity contribution in [3.05, 3.63) is 36.0 Å². The highest BCUT2D eigenvalue weighted by molar-refractivity contribution is 5.91. The van der Waals surface area contributed by atoms with Gasteiger partial charge in [-0.3, -0.25) is 4.79 Å². The van der Waals surface area contributed by atoms with Gasteiger partial charge >= 0.3 is 5.97 Å². The van der Waals surface area contributed by atoms with E-state index in [1.165, 1.54) is 7.11 Å². The first-order chi connectivity index (χ1) is 8.61. The number of nitrogens with two attached hydrogens (primary N) is 2. The molecule has 1 aromatic carbocycles. The van der Waals surface area contributed by atoms with E-state index in [2.05, 4.69) is 9.72 Å². The zero-order valence-corrected chi connectivity index (χ0v) is 10.1. The van der Waals surface area contributed by atoms with Crippen molar-refractivity contribution in [3.63, 3.8) is 0 Å². The van der Waals surface area contributed by atoms with Gasteiger partial charge in [-0.2, -0.15) is 0 Å². The fourth-order valence-electron chi connectivity index (χ4n) is 1.85. The second-order valence-corrected chi connectivity index (χ2v) is 4.09. The Labute approximate surface area is 105 Å². The lowest BCUT2D eigenvalue weighted by Gasteiger charge is -2.10. The Morgan fingerprint density at radius 1 is 1.44 bits per heavy atom. The van der Waals surface area contributed by atoms with Crippen molar-refractivity contribution in [3.8, 4) is 0 Å². The minimum Gasteiger partial charge on any atom is -0.468 e. The third kappa shape index (κ3) is 2.41. The zero-order valence-electron chi connectivity index (χ0n) is 10.1. The number of carbonyl (C=O) groups excluding carboxylic acids is 1. The molecule has 0 spiro atoms. The van der Waals surface area contributed by atoms with E-state index >= 15 is 0 Å². The molecule has 2 rings (SSSR count). The number of ether oxygens (including phenoxy) is 1. The molecule has 0 saturated heterocycles. The van der Waals surface area contributed by atoms with Crippen molar-refractivity contribution >= 4 is 22.6 Å². The van der Waals surface area contributed by atoms with Crippen LogP contribution >= 0.6 is 0 Å². The number of hydrogen-bond donors (Lipinski definition) is 2. The number of fused-ring (bicyclic) bond motifs is 1. The average molecular weight is 245 g/mol. The summed E-state index contributed by atoms with van der Waals surface area (Å²) in [5, 5.41) is 1.88. The van der Waals surface area contributed by atoms with E-state index < -0.39 is 12.0 Å². The Morgan fingerprint density at radius 2 is 2.22 bits per heavy atom. The van der Waals surface area contributed by atoms with Gasteiger partial charge in [-0.15, -0.1) is 0 Å². The van der Waals surface area contributed by atoms with E-state index in [9.17, 15) is 4.79 Å². The third-order valence-electron chi connectivity index (χ3n) is 2.82. The molecule has 0 aliphatic carbocycles. The number of benzene rings is 1. The Balaban J connectivity index is 2.30. The Bertz CT molecular complexity index is 583. The van der Waals surface area contributed by atoms with Crippen molar-refractivity contribution in [2.45, 2.75) is 12.5 Å². The molecule has 0 fully saturated rings. The van der Waals surface area contributed by atoms with Crippen LogP contribution in [0.15, 0.2) is 30.5 Å². The molecule has 1 aromatic heterocycles. The van der Waals surface area contributed by atoms with E-state index in [-0.39, 0.29) is 0 Å². The van der Waals surface area contributed by atoms with Gasteiger partial charge in [0.25, 0.3) is 0 Å². The number of nitrogens with zero attached hydrogens (tertiary/aromatic N) is 1. The Kier molecular flexibility index (Phi) is 3.43. The van der Waals surface area contributed by atoms with Crippen molar-refractivity contribution in [1.29, 1.82) is 0 Å². The van der Waals surface area contributed by atoms with Crippen LogP contribution in [0.5, 0.6) is 0 Å². The summed E-state index contributed by atoms with van der Waals surface area (Å²) in [7, 11) is 1.32. The normalized spacial score (nSPS) is 12.3. The van der Waals surface area contributed by atoms with Crippen molar-refractivity contribution in [2.75, 3.05) is 12.8 Å². The monoisotopic (exact) mass is 245 g/mol. The summed E-state index contributed by atoms with van der Waals surface area (Å²) in [5.74, 6) is 0.0512. The second kappa shape index (κ2) is 5.01. The number of pyridine rings is 1. The predicted octanol–water partition coefficient (Wildman–Crippen LogP) is 0.860. The van der Waals surface area contributed by atoms with Crippen molar-refractivity contribution in [2.24, 2.45) is 5.73 Å². The highest BCUT2D eigenvalue weighted by atomic mass is 16.5. The zero-order chi connectivity index (χ0) is 13.1. The number of carbonyl (C=O) groups is 1. The Morgan fingerprint density at radius 3 is 2.94 bits per heavy atom. The molecule has 94 valence electrons. The fraction of sp³-hybridized carbons (Fsp3) is 0.231. The topological polar surface area (TPSA) is 91.2 Å². The maximum Gasteiger partial charge on any atom is 0.322 e. The summed E-state index contributed by atoms with van der Waals surface area (Å²) < 4.78 is 4.59. The van der Waals surface area contributed by atoms with Gasteiger partial charge in [-0.05, 0) is 29.5 Å². The molecule has 0 aliphatic heterocycles. The summed E-state index contributed by atoms with van der Waals surface area (Å²) in [6.45, 7) is 0. The van der Waals surface area contributed by atoms with Gasteiger partial charge in [0.15, 0.2) is 0 Å². The molecule has 0 saturated carbocycles. The lowest BCUT2D eigenvalue weighted by atomic mass is 10.0. The van der Waals surface area contributed by atoms with Crippen LogP contribution in [0.4, 0.5) is 5.82 Å². The molecule has 0 aliphatic rings. The van der Waals surface area contributed by atoms with Gasteiger partial charge in [0.1, 0.15) is 11.9 Å². The smallest absolute Gasteiger partial charge is 0.322 e. The maximum absolute atomic E-state index is 11.3. The van der Waals surface area contributed by atoms with Gasteiger partial charge in [0, 0.05) is 11.6 Å². The number of rotatable bonds is 3. The van der Waals surface area contributed by atoms with E-state index in [1.807, 2.05) is 24.3 Å². The van der Waals surface area contributed by atoms with Crippen molar-refractivity contribution in [1.82, 2.24) is 4.98 Å². The van der Waals surface area contributed by atoms with Crippen LogP contribution in [0.2, 0.25) is 0 Å². The number of nitrogen functional groups attached to an aromatic ring is 1. The molecule has 0 amide bonds. The summed E-state index contributed by atoms with van der Waals surface area (Å²) in [6, 6.07) is 6.98. The molecular weight excluding hydrogens is 230 g/mol. The lowest BCUT2D eigenvalue weighted by molar-refractivity contribution is -0.142. The van der Waals surface area contributed by atoms with Crippen LogP contribution in [-0.2, 0) is 16.0 Å². The van der Waals surface area contributed by atoms with E-state index in [0.717, 1.165) is 16.3 Å². The summed E-state index contributed by atoms with van der Waals surface area (Å²) >= 11 is 0. The minimum absolute atomic E-state index is 0.414. The highest BCUT2D eigenvalue weighted by Gasteiger charge is 2.14. The molecule has 1 heterocycles. The molecular formula is C13H15N3O2. The molecule has 0 radical (unpaired) electrons. The van der Waals surface area contributed by atoms with E-state index in [4.69, 9.17) is 11.5 Å². The highest BCUT2D eigenvalue weighted by Crippen LogP contribution is 2.20. The quantitative estimate of drug-likeness (QED) is 0.782. The van der Waals surface area contributed by atoms with Crippen LogP contribution < -0.4 is 11.5 Å². The van der Waals surface area contributed by atoms with Gasteiger partial charge < -0.3 is 16.2 Å². The van der Waals surface area contributed by atoms with Crippen molar-refractivity contribution < 1.29 is 9.53 Å². The van der Waals surface area contributed by atoms with Crippen LogP contribution in [-0.4, -0.2) is 24.1 Å². The first kappa shape index (κ1) is 12.3. The van der Waals surface area contributed by atoms with E-state index in [1.54, 1.807) is 6.20 Å². The second-order valence-electron chi connectivity index (χ2n) is 4.09.